The van der Waals surface area contributed by atoms with Crippen LogP contribution in [0.2, 0.25) is 0 Å². The standard InChI is InChI=1S/C14H14IN3O2/c1-9-3-5-11(6-4-9)17-13(19)8-18-10(2)16-7-12(15)14(18)20/h3-7H,8H2,1-2H3,(H,17,19). The number of halogens is 1. The number of benzene rings is 1. The van der Waals surface area contributed by atoms with Gasteiger partial charge in [0.05, 0.1) is 3.57 Å². The van der Waals surface area contributed by atoms with Crippen molar-refractivity contribution < 1.29 is 4.79 Å². The SMILES string of the molecule is Cc1ccc(NC(=O)Cn2c(C)ncc(I)c2=O)cc1. The second kappa shape index (κ2) is 6.17. The van der Waals surface area contributed by atoms with E-state index in [0.29, 0.717) is 15.1 Å². The smallest absolute Gasteiger partial charge is 0.267 e. The maximum atomic E-state index is 12.0. The normalized spacial score (nSPS) is 10.3. The monoisotopic (exact) mass is 383 g/mol. The Hall–Kier alpha value is -1.70. The van der Waals surface area contributed by atoms with E-state index in [0.717, 1.165) is 5.56 Å². The van der Waals surface area contributed by atoms with Gasteiger partial charge in [-0.1, -0.05) is 17.7 Å². The highest BCUT2D eigenvalue weighted by Gasteiger charge is 2.10. The number of aromatic nitrogens is 2. The molecule has 0 radical (unpaired) electrons. The van der Waals surface area contributed by atoms with Crippen molar-refractivity contribution in [3.05, 3.63) is 55.8 Å². The first-order valence-electron chi connectivity index (χ1n) is 6.06. The number of nitrogens with zero attached hydrogens (tertiary/aromatic N) is 2. The lowest BCUT2D eigenvalue weighted by molar-refractivity contribution is -0.116. The van der Waals surface area contributed by atoms with Gasteiger partial charge in [0.25, 0.3) is 5.56 Å². The highest BCUT2D eigenvalue weighted by atomic mass is 127. The van der Waals surface area contributed by atoms with Gasteiger partial charge >= 0.3 is 0 Å². The zero-order valence-corrected chi connectivity index (χ0v) is 13.3. The molecule has 0 saturated carbocycles. The maximum absolute atomic E-state index is 12.0. The van der Waals surface area contributed by atoms with Gasteiger partial charge in [0, 0.05) is 11.9 Å². The van der Waals surface area contributed by atoms with Gasteiger partial charge in [-0.15, -0.1) is 0 Å². The highest BCUT2D eigenvalue weighted by Crippen LogP contribution is 2.08. The molecule has 1 N–H and O–H groups in total. The van der Waals surface area contributed by atoms with Crippen molar-refractivity contribution in [1.29, 1.82) is 0 Å². The van der Waals surface area contributed by atoms with Crippen LogP contribution < -0.4 is 10.9 Å². The number of amides is 1. The Labute approximate surface area is 130 Å². The van der Waals surface area contributed by atoms with Crippen LogP contribution in [0, 0.1) is 17.4 Å². The number of carbonyl (C=O) groups is 1. The predicted octanol–water partition coefficient (Wildman–Crippen LogP) is 2.10. The Morgan fingerprint density at radius 1 is 1.30 bits per heavy atom. The van der Waals surface area contributed by atoms with E-state index in [9.17, 15) is 9.59 Å². The van der Waals surface area contributed by atoms with Gasteiger partial charge in [0.15, 0.2) is 0 Å². The molecule has 0 unspecified atom stereocenters. The molecule has 0 aliphatic heterocycles. The van der Waals surface area contributed by atoms with Crippen LogP contribution in [0.25, 0.3) is 0 Å². The van der Waals surface area contributed by atoms with E-state index < -0.39 is 0 Å². The molecule has 1 aromatic carbocycles. The number of nitrogens with one attached hydrogen (secondary N) is 1. The summed E-state index contributed by atoms with van der Waals surface area (Å²) in [6, 6.07) is 7.49. The number of hydrogen-bond donors (Lipinski definition) is 1. The molecule has 0 aliphatic rings. The van der Waals surface area contributed by atoms with Gasteiger partial charge in [0.2, 0.25) is 5.91 Å². The third-order valence-electron chi connectivity index (χ3n) is 2.84. The van der Waals surface area contributed by atoms with Gasteiger partial charge in [-0.3, -0.25) is 14.2 Å². The Balaban J connectivity index is 2.15. The lowest BCUT2D eigenvalue weighted by Gasteiger charge is -2.10. The molecular formula is C14H14IN3O2. The summed E-state index contributed by atoms with van der Waals surface area (Å²) in [7, 11) is 0. The first-order chi connectivity index (χ1) is 9.47. The van der Waals surface area contributed by atoms with Crippen LogP contribution in [0.1, 0.15) is 11.4 Å². The molecule has 2 aromatic rings. The third-order valence-corrected chi connectivity index (χ3v) is 3.58. The van der Waals surface area contributed by atoms with Gasteiger partial charge < -0.3 is 5.32 Å². The van der Waals surface area contributed by atoms with E-state index in [-0.39, 0.29) is 18.0 Å². The summed E-state index contributed by atoms with van der Waals surface area (Å²) in [6.45, 7) is 3.64. The van der Waals surface area contributed by atoms with E-state index >= 15 is 0 Å². The fourth-order valence-corrected chi connectivity index (χ4v) is 2.15. The molecule has 1 aromatic heterocycles. The predicted molar refractivity (Wildman–Crippen MR) is 85.8 cm³/mol. The molecule has 0 aliphatic carbocycles. The molecule has 5 nitrogen and oxygen atoms in total. The fourth-order valence-electron chi connectivity index (χ4n) is 1.72. The van der Waals surface area contributed by atoms with E-state index in [1.807, 2.05) is 53.8 Å². The van der Waals surface area contributed by atoms with Crippen LogP contribution in [0.5, 0.6) is 0 Å². The lowest BCUT2D eigenvalue weighted by Crippen LogP contribution is -2.31. The minimum Gasteiger partial charge on any atom is -0.325 e. The summed E-state index contributed by atoms with van der Waals surface area (Å²) in [4.78, 5) is 28.0. The third kappa shape index (κ3) is 3.44. The minimum absolute atomic E-state index is 0.0393. The van der Waals surface area contributed by atoms with Crippen molar-refractivity contribution >= 4 is 34.2 Å². The van der Waals surface area contributed by atoms with Crippen molar-refractivity contribution in [3.8, 4) is 0 Å². The molecule has 0 fully saturated rings. The molecule has 20 heavy (non-hydrogen) atoms. The quantitative estimate of drug-likeness (QED) is 0.826. The average Bonchev–Trinajstić information content (AvgIpc) is 2.42. The molecule has 0 spiro atoms. The van der Waals surface area contributed by atoms with Crippen LogP contribution in [0.15, 0.2) is 35.3 Å². The number of anilines is 1. The van der Waals surface area contributed by atoms with E-state index in [1.54, 1.807) is 6.92 Å². The Bertz CT molecular complexity index is 693. The Morgan fingerprint density at radius 2 is 1.95 bits per heavy atom. The second-order valence-electron chi connectivity index (χ2n) is 4.46. The molecule has 104 valence electrons. The Morgan fingerprint density at radius 3 is 2.60 bits per heavy atom. The van der Waals surface area contributed by atoms with Crippen LogP contribution >= 0.6 is 22.6 Å². The molecule has 0 saturated heterocycles. The van der Waals surface area contributed by atoms with Crippen LogP contribution in [-0.4, -0.2) is 15.5 Å². The van der Waals surface area contributed by atoms with Crippen molar-refractivity contribution in [2.24, 2.45) is 0 Å². The van der Waals surface area contributed by atoms with Crippen LogP contribution in [0.3, 0.4) is 0 Å². The summed E-state index contributed by atoms with van der Waals surface area (Å²) in [6.07, 6.45) is 1.51. The average molecular weight is 383 g/mol. The number of carbonyl (C=O) groups excluding carboxylic acids is 1. The van der Waals surface area contributed by atoms with E-state index in [1.165, 1.54) is 10.8 Å². The largest absolute Gasteiger partial charge is 0.325 e. The number of aryl methyl sites for hydroxylation is 2. The zero-order valence-electron chi connectivity index (χ0n) is 11.2. The molecule has 2 rings (SSSR count). The molecule has 1 heterocycles. The van der Waals surface area contributed by atoms with Crippen molar-refractivity contribution in [3.63, 3.8) is 0 Å². The molecule has 1 amide bonds. The minimum atomic E-state index is -0.247. The van der Waals surface area contributed by atoms with Gasteiger partial charge in [-0.25, -0.2) is 4.98 Å². The summed E-state index contributed by atoms with van der Waals surface area (Å²) >= 11 is 1.91. The Kier molecular flexibility index (Phi) is 4.53. The van der Waals surface area contributed by atoms with Crippen LogP contribution in [-0.2, 0) is 11.3 Å². The van der Waals surface area contributed by atoms with E-state index in [2.05, 4.69) is 10.3 Å². The summed E-state index contributed by atoms with van der Waals surface area (Å²) < 4.78 is 1.86. The molecule has 0 bridgehead atoms. The topological polar surface area (TPSA) is 64.0 Å². The van der Waals surface area contributed by atoms with Gasteiger partial charge in [-0.2, -0.15) is 0 Å². The summed E-state index contributed by atoms with van der Waals surface area (Å²) in [5, 5.41) is 2.76. The molecule has 0 atom stereocenters. The van der Waals surface area contributed by atoms with Crippen molar-refractivity contribution in [2.45, 2.75) is 20.4 Å². The molecule has 6 heteroatoms. The van der Waals surface area contributed by atoms with Gasteiger partial charge in [-0.05, 0) is 48.6 Å². The number of rotatable bonds is 3. The summed E-state index contributed by atoms with van der Waals surface area (Å²) in [5.41, 5.74) is 1.64. The van der Waals surface area contributed by atoms with Gasteiger partial charge in [0.1, 0.15) is 12.4 Å². The number of hydrogen-bond acceptors (Lipinski definition) is 3. The first-order valence-corrected chi connectivity index (χ1v) is 7.13. The molecular weight excluding hydrogens is 369 g/mol. The van der Waals surface area contributed by atoms with Crippen molar-refractivity contribution in [2.75, 3.05) is 5.32 Å². The van der Waals surface area contributed by atoms with Crippen molar-refractivity contribution in [1.82, 2.24) is 9.55 Å². The maximum Gasteiger partial charge on any atom is 0.267 e. The first kappa shape index (κ1) is 14.7. The van der Waals surface area contributed by atoms with E-state index in [4.69, 9.17) is 0 Å². The summed E-state index contributed by atoms with van der Waals surface area (Å²) in [5.74, 6) is 0.275. The lowest BCUT2D eigenvalue weighted by atomic mass is 10.2. The highest BCUT2D eigenvalue weighted by molar-refractivity contribution is 14.1. The zero-order chi connectivity index (χ0) is 14.7. The van der Waals surface area contributed by atoms with Crippen LogP contribution in [0.4, 0.5) is 5.69 Å². The fraction of sp³-hybridized carbons (Fsp3) is 0.214. The second-order valence-corrected chi connectivity index (χ2v) is 5.62.